The molecule has 1 saturated carbocycles. The molecule has 1 aliphatic rings. The van der Waals surface area contributed by atoms with Gasteiger partial charge in [0.25, 0.3) is 0 Å². The molecule has 4 heteroatoms. The minimum absolute atomic E-state index is 0.00218. The molecule has 1 amide bonds. The smallest absolute Gasteiger partial charge is 0.394 e. The Morgan fingerprint density at radius 2 is 2.08 bits per heavy atom. The average Bonchev–Trinajstić information content (AvgIpc) is 1.82. The lowest BCUT2D eigenvalue weighted by atomic mass is 9.80. The summed E-state index contributed by atoms with van der Waals surface area (Å²) in [5.74, 6) is -1.82. The summed E-state index contributed by atoms with van der Waals surface area (Å²) >= 11 is 0. The van der Waals surface area contributed by atoms with Gasteiger partial charge in [0.05, 0.1) is 0 Å². The van der Waals surface area contributed by atoms with Gasteiger partial charge in [-0.25, -0.2) is 4.79 Å². The van der Waals surface area contributed by atoms with Crippen molar-refractivity contribution in [2.45, 2.75) is 32.2 Å². The number of aliphatic carboxylic acids is 1. The third kappa shape index (κ3) is 1.96. The highest BCUT2D eigenvalue weighted by Crippen LogP contribution is 2.29. The molecule has 0 spiro atoms. The van der Waals surface area contributed by atoms with Crippen LogP contribution in [0, 0.1) is 5.92 Å². The van der Waals surface area contributed by atoms with Crippen molar-refractivity contribution in [3.8, 4) is 0 Å². The van der Waals surface area contributed by atoms with Crippen molar-refractivity contribution in [1.29, 1.82) is 0 Å². The molecule has 0 heterocycles. The van der Waals surface area contributed by atoms with Crippen LogP contribution in [0.2, 0.25) is 0 Å². The number of hydrogen-bond donors (Lipinski definition) is 2. The molecule has 1 rings (SSSR count). The minimum Gasteiger partial charge on any atom is -0.474 e. The molecule has 12 heavy (non-hydrogen) atoms. The standard InChI is InChI=1S/C8H13NO3/c1-5(6-3-2-4-6)9-7(10)8(11)12/h5-6H,2-4H2,1H3,(H,9,10)(H,11,12). The van der Waals surface area contributed by atoms with Crippen LogP contribution in [0.15, 0.2) is 0 Å². The van der Waals surface area contributed by atoms with Crippen LogP contribution in [0.3, 0.4) is 0 Å². The second kappa shape index (κ2) is 3.56. The molecule has 0 saturated heterocycles. The van der Waals surface area contributed by atoms with Gasteiger partial charge < -0.3 is 10.4 Å². The summed E-state index contributed by atoms with van der Waals surface area (Å²) < 4.78 is 0. The second-order valence-electron chi connectivity index (χ2n) is 3.26. The van der Waals surface area contributed by atoms with Crippen LogP contribution in [-0.4, -0.2) is 23.0 Å². The van der Waals surface area contributed by atoms with E-state index < -0.39 is 11.9 Å². The number of carbonyl (C=O) groups is 2. The van der Waals surface area contributed by atoms with Crippen molar-refractivity contribution in [2.24, 2.45) is 5.92 Å². The normalized spacial score (nSPS) is 19.4. The van der Waals surface area contributed by atoms with Crippen LogP contribution in [0.1, 0.15) is 26.2 Å². The van der Waals surface area contributed by atoms with Gasteiger partial charge in [0.2, 0.25) is 0 Å². The number of carbonyl (C=O) groups excluding carboxylic acids is 1. The number of rotatable bonds is 2. The lowest BCUT2D eigenvalue weighted by molar-refractivity contribution is -0.150. The average molecular weight is 171 g/mol. The predicted molar refractivity (Wildman–Crippen MR) is 42.6 cm³/mol. The highest BCUT2D eigenvalue weighted by molar-refractivity contribution is 6.31. The predicted octanol–water partition coefficient (Wildman–Crippen LogP) is 0.376. The highest BCUT2D eigenvalue weighted by atomic mass is 16.4. The zero-order valence-electron chi connectivity index (χ0n) is 7.04. The van der Waals surface area contributed by atoms with E-state index in [-0.39, 0.29) is 6.04 Å². The molecule has 1 unspecified atom stereocenters. The first-order valence-electron chi connectivity index (χ1n) is 4.15. The van der Waals surface area contributed by atoms with Crippen molar-refractivity contribution >= 4 is 11.9 Å². The van der Waals surface area contributed by atoms with E-state index in [1.807, 2.05) is 6.92 Å². The molecular weight excluding hydrogens is 158 g/mol. The number of carboxylic acid groups (broad SMARTS) is 1. The Labute approximate surface area is 71.0 Å². The van der Waals surface area contributed by atoms with Gasteiger partial charge in [-0.15, -0.1) is 0 Å². The lowest BCUT2D eigenvalue weighted by Crippen LogP contribution is -2.43. The van der Waals surface area contributed by atoms with Crippen LogP contribution < -0.4 is 5.32 Å². The molecule has 0 radical (unpaired) electrons. The van der Waals surface area contributed by atoms with Crippen LogP contribution in [0.5, 0.6) is 0 Å². The summed E-state index contributed by atoms with van der Waals surface area (Å²) in [6, 6.07) is 0.00218. The summed E-state index contributed by atoms with van der Waals surface area (Å²) in [6.45, 7) is 1.85. The molecule has 1 fully saturated rings. The number of hydrogen-bond acceptors (Lipinski definition) is 2. The maximum atomic E-state index is 10.7. The van der Waals surface area contributed by atoms with Crippen molar-refractivity contribution < 1.29 is 14.7 Å². The van der Waals surface area contributed by atoms with Gasteiger partial charge in [0.15, 0.2) is 0 Å². The first-order valence-corrected chi connectivity index (χ1v) is 4.15. The third-order valence-electron chi connectivity index (χ3n) is 2.41. The topological polar surface area (TPSA) is 66.4 Å². The second-order valence-corrected chi connectivity index (χ2v) is 3.26. The highest BCUT2D eigenvalue weighted by Gasteiger charge is 2.26. The van der Waals surface area contributed by atoms with Crippen LogP contribution >= 0.6 is 0 Å². The monoisotopic (exact) mass is 171 g/mol. The summed E-state index contributed by atoms with van der Waals surface area (Å²) in [5, 5.41) is 10.7. The first-order chi connectivity index (χ1) is 5.61. The Morgan fingerprint density at radius 1 is 1.50 bits per heavy atom. The molecule has 68 valence electrons. The molecule has 1 aliphatic carbocycles. The SMILES string of the molecule is CC(NC(=O)C(=O)O)C1CCC1. The molecule has 0 bridgehead atoms. The fourth-order valence-electron chi connectivity index (χ4n) is 1.33. The van der Waals surface area contributed by atoms with Gasteiger partial charge in [-0.05, 0) is 25.7 Å². The molecule has 0 aromatic rings. The van der Waals surface area contributed by atoms with Gasteiger partial charge in [-0.2, -0.15) is 0 Å². The van der Waals surface area contributed by atoms with Crippen molar-refractivity contribution in [1.82, 2.24) is 5.32 Å². The molecule has 0 aromatic carbocycles. The Kier molecular flexibility index (Phi) is 2.68. The number of carboxylic acids is 1. The zero-order chi connectivity index (χ0) is 9.14. The van der Waals surface area contributed by atoms with Gasteiger partial charge in [0, 0.05) is 6.04 Å². The van der Waals surface area contributed by atoms with Crippen LogP contribution in [-0.2, 0) is 9.59 Å². The third-order valence-corrected chi connectivity index (χ3v) is 2.41. The minimum atomic E-state index is -1.40. The fraction of sp³-hybridized carbons (Fsp3) is 0.750. The largest absolute Gasteiger partial charge is 0.474 e. The summed E-state index contributed by atoms with van der Waals surface area (Å²) in [4.78, 5) is 20.8. The lowest BCUT2D eigenvalue weighted by Gasteiger charge is -2.31. The molecule has 2 N–H and O–H groups in total. The van der Waals surface area contributed by atoms with Crippen LogP contribution in [0.4, 0.5) is 0 Å². The fourth-order valence-corrected chi connectivity index (χ4v) is 1.33. The molecule has 4 nitrogen and oxygen atoms in total. The molecular formula is C8H13NO3. The Balaban J connectivity index is 2.29. The quantitative estimate of drug-likeness (QED) is 0.590. The van der Waals surface area contributed by atoms with Gasteiger partial charge in [-0.3, -0.25) is 4.79 Å². The maximum Gasteiger partial charge on any atom is 0.394 e. The van der Waals surface area contributed by atoms with E-state index >= 15 is 0 Å². The molecule has 0 aromatic heterocycles. The summed E-state index contributed by atoms with van der Waals surface area (Å²) in [6.07, 6.45) is 3.39. The van der Waals surface area contributed by atoms with Crippen molar-refractivity contribution in [3.63, 3.8) is 0 Å². The summed E-state index contributed by atoms with van der Waals surface area (Å²) in [7, 11) is 0. The molecule has 0 aliphatic heterocycles. The van der Waals surface area contributed by atoms with Gasteiger partial charge >= 0.3 is 11.9 Å². The Hall–Kier alpha value is -1.06. The van der Waals surface area contributed by atoms with Gasteiger partial charge in [-0.1, -0.05) is 6.42 Å². The van der Waals surface area contributed by atoms with Crippen molar-refractivity contribution in [2.75, 3.05) is 0 Å². The van der Waals surface area contributed by atoms with Gasteiger partial charge in [0.1, 0.15) is 0 Å². The van der Waals surface area contributed by atoms with E-state index in [9.17, 15) is 9.59 Å². The Bertz CT molecular complexity index is 198. The van der Waals surface area contributed by atoms with Crippen molar-refractivity contribution in [3.05, 3.63) is 0 Å². The van der Waals surface area contributed by atoms with E-state index in [4.69, 9.17) is 5.11 Å². The number of amides is 1. The van der Waals surface area contributed by atoms with E-state index in [1.165, 1.54) is 6.42 Å². The van der Waals surface area contributed by atoms with E-state index in [2.05, 4.69) is 5.32 Å². The zero-order valence-corrected chi connectivity index (χ0v) is 7.04. The Morgan fingerprint density at radius 3 is 2.42 bits per heavy atom. The van der Waals surface area contributed by atoms with E-state index in [1.54, 1.807) is 0 Å². The van der Waals surface area contributed by atoms with E-state index in [0.29, 0.717) is 5.92 Å². The first kappa shape index (κ1) is 9.03. The van der Waals surface area contributed by atoms with E-state index in [0.717, 1.165) is 12.8 Å². The van der Waals surface area contributed by atoms with Crippen LogP contribution in [0.25, 0.3) is 0 Å². The summed E-state index contributed by atoms with van der Waals surface area (Å²) in [5.41, 5.74) is 0. The maximum absolute atomic E-state index is 10.7. The number of nitrogens with one attached hydrogen (secondary N) is 1. The molecule has 1 atom stereocenters.